The maximum Gasteiger partial charge on any atom is 0.123 e. The molecule has 2 heteroatoms. The van der Waals surface area contributed by atoms with Gasteiger partial charge in [0.25, 0.3) is 0 Å². The van der Waals surface area contributed by atoms with Crippen LogP contribution in [0.5, 0.6) is 0 Å². The van der Waals surface area contributed by atoms with E-state index in [1.165, 1.54) is 0 Å². The highest BCUT2D eigenvalue weighted by molar-refractivity contribution is 5.59. The molecule has 0 fully saturated rings. The first kappa shape index (κ1) is 10.6. The molecule has 0 aliphatic carbocycles. The second-order valence-electron chi connectivity index (χ2n) is 3.41. The molecule has 0 aromatic heterocycles. The minimum atomic E-state index is -0.109. The van der Waals surface area contributed by atoms with Gasteiger partial charge in [-0.1, -0.05) is 37.3 Å². The lowest BCUT2D eigenvalue weighted by Gasteiger charge is -2.17. The monoisotopic (exact) mass is 190 g/mol. The molecule has 0 spiro atoms. The summed E-state index contributed by atoms with van der Waals surface area (Å²) < 4.78 is 0. The Hall–Kier alpha value is -1.44. The lowest BCUT2D eigenvalue weighted by molar-refractivity contribution is -0.112. The molecule has 0 saturated carbocycles. The zero-order valence-electron chi connectivity index (χ0n) is 8.22. The Morgan fingerprint density at radius 3 is 2.36 bits per heavy atom. The van der Waals surface area contributed by atoms with Crippen LogP contribution in [0, 0.1) is 5.92 Å². The van der Waals surface area contributed by atoms with Crippen molar-refractivity contribution in [2.24, 2.45) is 5.92 Å². The number of hydrogen-bond acceptors (Lipinski definition) is 2. The predicted octanol–water partition coefficient (Wildman–Crippen LogP) is 2.19. The fraction of sp³-hybridized carbons (Fsp3) is 0.333. The summed E-state index contributed by atoms with van der Waals surface area (Å²) in [6.45, 7) is 1.84. The van der Waals surface area contributed by atoms with Gasteiger partial charge < -0.3 is 9.59 Å². The summed E-state index contributed by atoms with van der Waals surface area (Å²) in [6, 6.07) is 9.67. The highest BCUT2D eigenvalue weighted by atomic mass is 16.1. The van der Waals surface area contributed by atoms with Gasteiger partial charge in [-0.25, -0.2) is 0 Å². The molecule has 0 amide bonds. The second-order valence-corrected chi connectivity index (χ2v) is 3.41. The minimum Gasteiger partial charge on any atom is -0.303 e. The number of carbonyl (C=O) groups is 2. The van der Waals surface area contributed by atoms with Gasteiger partial charge in [-0.3, -0.25) is 0 Å². The summed E-state index contributed by atoms with van der Waals surface area (Å²) in [5.74, 6) is -0.0891. The van der Waals surface area contributed by atoms with Crippen molar-refractivity contribution in [1.29, 1.82) is 0 Å². The van der Waals surface area contributed by atoms with Crippen molar-refractivity contribution in [3.05, 3.63) is 35.9 Å². The van der Waals surface area contributed by atoms with Crippen LogP contribution < -0.4 is 0 Å². The Labute approximate surface area is 83.9 Å². The van der Waals surface area contributed by atoms with E-state index in [0.717, 1.165) is 18.1 Å². The van der Waals surface area contributed by atoms with Crippen molar-refractivity contribution in [1.82, 2.24) is 0 Å². The van der Waals surface area contributed by atoms with Crippen molar-refractivity contribution in [3.8, 4) is 0 Å². The third kappa shape index (κ3) is 2.52. The number of aldehydes is 2. The van der Waals surface area contributed by atoms with E-state index in [1.807, 2.05) is 37.3 Å². The van der Waals surface area contributed by atoms with Crippen molar-refractivity contribution >= 4 is 12.6 Å². The van der Waals surface area contributed by atoms with E-state index in [-0.39, 0.29) is 11.8 Å². The molecule has 0 aliphatic rings. The maximum atomic E-state index is 10.7. The molecule has 0 bridgehead atoms. The summed E-state index contributed by atoms with van der Waals surface area (Å²) in [7, 11) is 0. The van der Waals surface area contributed by atoms with Gasteiger partial charge in [0, 0.05) is 12.3 Å². The van der Waals surface area contributed by atoms with Crippen molar-refractivity contribution < 1.29 is 9.59 Å². The highest BCUT2D eigenvalue weighted by Gasteiger charge is 2.17. The molecule has 14 heavy (non-hydrogen) atoms. The number of benzene rings is 1. The van der Waals surface area contributed by atoms with Crippen LogP contribution in [0.15, 0.2) is 30.3 Å². The van der Waals surface area contributed by atoms with Crippen LogP contribution in [-0.2, 0) is 9.59 Å². The van der Waals surface area contributed by atoms with Gasteiger partial charge in [-0.2, -0.15) is 0 Å². The average Bonchev–Trinajstić information content (AvgIpc) is 2.26. The number of carbonyl (C=O) groups excluding carboxylic acids is 2. The molecule has 1 aromatic carbocycles. The lowest BCUT2D eigenvalue weighted by Crippen LogP contribution is -2.11. The number of rotatable bonds is 5. The van der Waals surface area contributed by atoms with Gasteiger partial charge in [0.15, 0.2) is 0 Å². The van der Waals surface area contributed by atoms with Crippen molar-refractivity contribution in [2.75, 3.05) is 0 Å². The first-order valence-electron chi connectivity index (χ1n) is 4.73. The smallest absolute Gasteiger partial charge is 0.123 e. The molecule has 74 valence electrons. The first-order valence-corrected chi connectivity index (χ1v) is 4.73. The molecule has 0 saturated heterocycles. The van der Waals surface area contributed by atoms with Crippen LogP contribution >= 0.6 is 0 Å². The van der Waals surface area contributed by atoms with E-state index in [1.54, 1.807) is 0 Å². The van der Waals surface area contributed by atoms with E-state index >= 15 is 0 Å². The normalized spacial score (nSPS) is 14.4. The fourth-order valence-corrected chi connectivity index (χ4v) is 1.55. The molecular weight excluding hydrogens is 176 g/mol. The quantitative estimate of drug-likeness (QED) is 0.667. The van der Waals surface area contributed by atoms with Crippen LogP contribution in [0.2, 0.25) is 0 Å². The Morgan fingerprint density at radius 1 is 1.21 bits per heavy atom. The van der Waals surface area contributed by atoms with Gasteiger partial charge in [0.1, 0.15) is 12.6 Å². The standard InChI is InChI=1S/C12H14O2/c1-10(9-14)12(7-8-13)11-5-3-2-4-6-11/h2-6,8-10,12H,7H2,1H3/t10-,12+/m0/s1. The molecule has 0 heterocycles. The van der Waals surface area contributed by atoms with Crippen molar-refractivity contribution in [3.63, 3.8) is 0 Å². The van der Waals surface area contributed by atoms with Gasteiger partial charge in [-0.05, 0) is 11.5 Å². The molecular formula is C12H14O2. The summed E-state index contributed by atoms with van der Waals surface area (Å²) >= 11 is 0. The number of hydrogen-bond donors (Lipinski definition) is 0. The molecule has 0 unspecified atom stereocenters. The van der Waals surface area contributed by atoms with E-state index in [2.05, 4.69) is 0 Å². The molecule has 2 atom stereocenters. The van der Waals surface area contributed by atoms with Crippen LogP contribution in [0.4, 0.5) is 0 Å². The SMILES string of the molecule is C[C@@H](C=O)[C@@H](CC=O)c1ccccc1. The zero-order chi connectivity index (χ0) is 10.4. The fourth-order valence-electron chi connectivity index (χ4n) is 1.55. The summed E-state index contributed by atoms with van der Waals surface area (Å²) in [6.07, 6.45) is 2.18. The molecule has 0 aliphatic heterocycles. The van der Waals surface area contributed by atoms with Gasteiger partial charge >= 0.3 is 0 Å². The molecule has 1 aromatic rings. The predicted molar refractivity (Wildman–Crippen MR) is 55.1 cm³/mol. The molecule has 0 radical (unpaired) electrons. The average molecular weight is 190 g/mol. The lowest BCUT2D eigenvalue weighted by atomic mass is 9.86. The third-order valence-electron chi connectivity index (χ3n) is 2.43. The molecule has 2 nitrogen and oxygen atoms in total. The van der Waals surface area contributed by atoms with Gasteiger partial charge in [0.05, 0.1) is 0 Å². The summed E-state index contributed by atoms with van der Waals surface area (Å²) in [5, 5.41) is 0. The first-order chi connectivity index (χ1) is 6.79. The zero-order valence-corrected chi connectivity index (χ0v) is 8.22. The summed E-state index contributed by atoms with van der Waals surface area (Å²) in [4.78, 5) is 21.2. The Bertz CT molecular complexity index is 292. The van der Waals surface area contributed by atoms with E-state index in [9.17, 15) is 9.59 Å². The highest BCUT2D eigenvalue weighted by Crippen LogP contribution is 2.25. The van der Waals surface area contributed by atoms with E-state index in [4.69, 9.17) is 0 Å². The van der Waals surface area contributed by atoms with Crippen molar-refractivity contribution in [2.45, 2.75) is 19.3 Å². The second kappa shape index (κ2) is 5.32. The van der Waals surface area contributed by atoms with Gasteiger partial charge in [-0.15, -0.1) is 0 Å². The Balaban J connectivity index is 2.87. The minimum absolute atomic E-state index is 0.0196. The maximum absolute atomic E-state index is 10.7. The van der Waals surface area contributed by atoms with Crippen LogP contribution in [-0.4, -0.2) is 12.6 Å². The molecule has 0 N–H and O–H groups in total. The Kier molecular flexibility index (Phi) is 4.05. The third-order valence-corrected chi connectivity index (χ3v) is 2.43. The van der Waals surface area contributed by atoms with E-state index < -0.39 is 0 Å². The summed E-state index contributed by atoms with van der Waals surface area (Å²) in [5.41, 5.74) is 1.05. The van der Waals surface area contributed by atoms with Gasteiger partial charge in [0.2, 0.25) is 0 Å². The van der Waals surface area contributed by atoms with E-state index in [0.29, 0.717) is 6.42 Å². The topological polar surface area (TPSA) is 34.1 Å². The largest absolute Gasteiger partial charge is 0.303 e. The Morgan fingerprint density at radius 2 is 1.86 bits per heavy atom. The van der Waals surface area contributed by atoms with Crippen LogP contribution in [0.3, 0.4) is 0 Å². The van der Waals surface area contributed by atoms with Crippen LogP contribution in [0.1, 0.15) is 24.8 Å². The molecule has 1 rings (SSSR count). The van der Waals surface area contributed by atoms with Crippen LogP contribution in [0.25, 0.3) is 0 Å².